The number of halogens is 1. The number of para-hydroxylation sites is 1. The van der Waals surface area contributed by atoms with E-state index in [0.29, 0.717) is 4.77 Å². The molecule has 0 saturated carbocycles. The average molecular weight is 440 g/mol. The number of rotatable bonds is 4. The number of hydrogen-bond acceptors (Lipinski definition) is 3. The van der Waals surface area contributed by atoms with Crippen molar-refractivity contribution in [2.75, 3.05) is 0 Å². The molecule has 0 fully saturated rings. The first-order valence-electron chi connectivity index (χ1n) is 8.55. The zero-order chi connectivity index (χ0) is 19.0. The molecule has 1 N–H and O–H groups in total. The van der Waals surface area contributed by atoms with Gasteiger partial charge < -0.3 is 4.57 Å². The molecule has 4 rings (SSSR count). The minimum Gasteiger partial charge on any atom is -0.340 e. The summed E-state index contributed by atoms with van der Waals surface area (Å²) in [4.78, 5) is 0. The molecule has 0 aliphatic heterocycles. The van der Waals surface area contributed by atoms with Crippen LogP contribution < -0.4 is 0 Å². The number of aromatic amines is 1. The van der Waals surface area contributed by atoms with E-state index < -0.39 is 0 Å². The van der Waals surface area contributed by atoms with Crippen LogP contribution in [-0.4, -0.2) is 25.7 Å². The second-order valence-corrected chi connectivity index (χ2v) is 7.66. The highest BCUT2D eigenvalue weighted by Gasteiger charge is 2.13. The predicted octanol–water partition coefficient (Wildman–Crippen LogP) is 5.21. The van der Waals surface area contributed by atoms with Gasteiger partial charge in [-0.3, -0.25) is 5.10 Å². The van der Waals surface area contributed by atoms with Crippen LogP contribution in [0, 0.1) is 18.6 Å². The molecule has 0 spiro atoms. The Morgan fingerprint density at radius 1 is 1.15 bits per heavy atom. The molecule has 2 aromatic heterocycles. The fourth-order valence-corrected chi connectivity index (χ4v) is 3.71. The van der Waals surface area contributed by atoms with Crippen molar-refractivity contribution in [1.29, 1.82) is 0 Å². The maximum Gasteiger partial charge on any atom is 0.216 e. The van der Waals surface area contributed by atoms with Crippen LogP contribution in [0.1, 0.15) is 22.6 Å². The first-order chi connectivity index (χ1) is 13.0. The molecule has 0 saturated heterocycles. The van der Waals surface area contributed by atoms with Gasteiger partial charge >= 0.3 is 0 Å². The van der Waals surface area contributed by atoms with Gasteiger partial charge in [0, 0.05) is 33.2 Å². The molecule has 4 aromatic rings. The highest BCUT2D eigenvalue weighted by molar-refractivity contribution is 9.10. The van der Waals surface area contributed by atoms with Crippen molar-refractivity contribution in [2.24, 2.45) is 5.10 Å². The van der Waals surface area contributed by atoms with E-state index in [0.717, 1.165) is 28.1 Å². The highest BCUT2D eigenvalue weighted by atomic mass is 79.9. The molecule has 0 unspecified atom stereocenters. The summed E-state index contributed by atoms with van der Waals surface area (Å²) in [6.07, 6.45) is 1.87. The third-order valence-corrected chi connectivity index (χ3v) is 5.44. The van der Waals surface area contributed by atoms with Crippen LogP contribution in [0.4, 0.5) is 0 Å². The Kier molecular flexibility index (Phi) is 4.80. The Morgan fingerprint density at radius 3 is 2.59 bits per heavy atom. The molecule has 0 aliphatic carbocycles. The van der Waals surface area contributed by atoms with Crippen molar-refractivity contribution < 1.29 is 0 Å². The number of aryl methyl sites for hydroxylation is 1. The summed E-state index contributed by atoms with van der Waals surface area (Å²) >= 11 is 8.74. The number of nitrogens with zero attached hydrogens (tertiary/aromatic N) is 4. The molecule has 7 heteroatoms. The lowest BCUT2D eigenvalue weighted by Crippen LogP contribution is -2.02. The Bertz CT molecular complexity index is 1200. The Hall–Kier alpha value is -2.51. The fourth-order valence-electron chi connectivity index (χ4n) is 3.22. The van der Waals surface area contributed by atoms with Crippen molar-refractivity contribution in [3.8, 4) is 0 Å². The lowest BCUT2D eigenvalue weighted by atomic mass is 10.1. The minimum atomic E-state index is 0.486. The van der Waals surface area contributed by atoms with Gasteiger partial charge in [-0.1, -0.05) is 46.3 Å². The molecule has 5 nitrogen and oxygen atoms in total. The van der Waals surface area contributed by atoms with Crippen molar-refractivity contribution in [1.82, 2.24) is 19.4 Å². The van der Waals surface area contributed by atoms with Gasteiger partial charge in [-0.15, -0.1) is 0 Å². The van der Waals surface area contributed by atoms with Gasteiger partial charge in [-0.05, 0) is 49.8 Å². The smallest absolute Gasteiger partial charge is 0.216 e. The van der Waals surface area contributed by atoms with E-state index in [1.54, 1.807) is 4.68 Å². The number of aromatic nitrogens is 4. The van der Waals surface area contributed by atoms with Gasteiger partial charge in [0.25, 0.3) is 0 Å². The zero-order valence-corrected chi connectivity index (χ0v) is 17.4. The first-order valence-corrected chi connectivity index (χ1v) is 9.75. The van der Waals surface area contributed by atoms with Crippen LogP contribution in [0.2, 0.25) is 0 Å². The summed E-state index contributed by atoms with van der Waals surface area (Å²) < 4.78 is 5.53. The maximum atomic E-state index is 5.24. The average Bonchev–Trinajstić information content (AvgIpc) is 3.13. The number of nitrogens with one attached hydrogen (secondary N) is 1. The molecule has 2 heterocycles. The highest BCUT2D eigenvalue weighted by Crippen LogP contribution is 2.26. The van der Waals surface area contributed by atoms with Crippen LogP contribution in [0.25, 0.3) is 10.9 Å². The monoisotopic (exact) mass is 439 g/mol. The number of benzene rings is 2. The van der Waals surface area contributed by atoms with Crippen molar-refractivity contribution in [3.63, 3.8) is 0 Å². The van der Waals surface area contributed by atoms with E-state index in [2.05, 4.69) is 91.3 Å². The van der Waals surface area contributed by atoms with Crippen molar-refractivity contribution in [3.05, 3.63) is 80.4 Å². The lowest BCUT2D eigenvalue weighted by molar-refractivity contribution is 0.801. The quantitative estimate of drug-likeness (QED) is 0.350. The molecule has 0 atom stereocenters. The topological polar surface area (TPSA) is 50.9 Å². The normalized spacial score (nSPS) is 11.7. The predicted molar refractivity (Wildman–Crippen MR) is 115 cm³/mol. The van der Waals surface area contributed by atoms with E-state index in [-0.39, 0.29) is 0 Å². The summed E-state index contributed by atoms with van der Waals surface area (Å²) in [7, 11) is 0. The third-order valence-electron chi connectivity index (χ3n) is 4.65. The van der Waals surface area contributed by atoms with E-state index in [4.69, 9.17) is 12.2 Å². The SMILES string of the molecule is Cc1n[nH]c(=S)n1/N=C\c1c(C)n(Cc2ccc(Br)cc2)c2ccccc12. The summed E-state index contributed by atoms with van der Waals surface area (Å²) in [6, 6.07) is 16.8. The second-order valence-electron chi connectivity index (χ2n) is 6.36. The van der Waals surface area contributed by atoms with E-state index in [1.807, 2.05) is 13.1 Å². The van der Waals surface area contributed by atoms with Crippen molar-refractivity contribution >= 4 is 45.3 Å². The van der Waals surface area contributed by atoms with Gasteiger partial charge in [0.15, 0.2) is 0 Å². The van der Waals surface area contributed by atoms with E-state index in [1.165, 1.54) is 16.5 Å². The van der Waals surface area contributed by atoms with Gasteiger partial charge in [-0.2, -0.15) is 14.9 Å². The summed E-state index contributed by atoms with van der Waals surface area (Å²) in [5.74, 6) is 0.729. The number of H-pyrrole nitrogens is 1. The molecule has 0 radical (unpaired) electrons. The third kappa shape index (κ3) is 3.40. The summed E-state index contributed by atoms with van der Waals surface area (Å²) in [5, 5.41) is 12.6. The molecule has 136 valence electrons. The summed E-state index contributed by atoms with van der Waals surface area (Å²) in [6.45, 7) is 4.80. The molecular weight excluding hydrogens is 422 g/mol. The maximum absolute atomic E-state index is 5.24. The molecule has 27 heavy (non-hydrogen) atoms. The second kappa shape index (κ2) is 7.25. The minimum absolute atomic E-state index is 0.486. The largest absolute Gasteiger partial charge is 0.340 e. The van der Waals surface area contributed by atoms with Crippen LogP contribution in [0.5, 0.6) is 0 Å². The molecule has 0 amide bonds. The van der Waals surface area contributed by atoms with E-state index in [9.17, 15) is 0 Å². The van der Waals surface area contributed by atoms with Crippen LogP contribution in [0.15, 0.2) is 58.1 Å². The molecule has 0 aliphatic rings. The summed E-state index contributed by atoms with van der Waals surface area (Å²) in [5.41, 5.74) is 4.69. The van der Waals surface area contributed by atoms with Crippen molar-refractivity contribution in [2.45, 2.75) is 20.4 Å². The molecule has 0 bridgehead atoms. The fraction of sp³-hybridized carbons (Fsp3) is 0.150. The lowest BCUT2D eigenvalue weighted by Gasteiger charge is -2.09. The molecular formula is C20H18BrN5S. The van der Waals surface area contributed by atoms with Gasteiger partial charge in [0.2, 0.25) is 4.77 Å². The van der Waals surface area contributed by atoms with Gasteiger partial charge in [0.1, 0.15) is 5.82 Å². The van der Waals surface area contributed by atoms with Crippen LogP contribution in [-0.2, 0) is 6.54 Å². The van der Waals surface area contributed by atoms with Crippen LogP contribution >= 0.6 is 28.1 Å². The standard InChI is InChI=1S/C20H18BrN5S/c1-13-18(11-22-26-14(2)23-24-20(26)27)17-5-3-4-6-19(17)25(13)12-15-7-9-16(21)10-8-15/h3-11H,12H2,1-2H3,(H,24,27)/b22-11-. The number of fused-ring (bicyclic) bond motifs is 1. The van der Waals surface area contributed by atoms with Gasteiger partial charge in [-0.25, -0.2) is 0 Å². The number of hydrogen-bond donors (Lipinski definition) is 1. The molecule has 2 aromatic carbocycles. The van der Waals surface area contributed by atoms with Crippen LogP contribution in [0.3, 0.4) is 0 Å². The van der Waals surface area contributed by atoms with E-state index >= 15 is 0 Å². The Morgan fingerprint density at radius 2 is 1.89 bits per heavy atom. The Labute approximate surface area is 170 Å². The zero-order valence-electron chi connectivity index (χ0n) is 15.0. The van der Waals surface area contributed by atoms with Gasteiger partial charge in [0.05, 0.1) is 6.21 Å². The Balaban J connectivity index is 1.81. The first kappa shape index (κ1) is 17.9.